The van der Waals surface area contributed by atoms with Crippen LogP contribution in [0.3, 0.4) is 0 Å². The van der Waals surface area contributed by atoms with Gasteiger partial charge in [-0.05, 0) is 77.3 Å². The molecule has 0 saturated heterocycles. The SMILES string of the molecule is CC(C)(C)OC(=O)N1CCC=C(c2ccc(F)c(F)c2)C1COc1cc(F)c(S(=O)(=O)N(C(=O)OC(C)(C)C)c2cscn2)cc1Cl. The summed E-state index contributed by atoms with van der Waals surface area (Å²) in [5, 5.41) is 0.933. The van der Waals surface area contributed by atoms with Gasteiger partial charge >= 0.3 is 12.2 Å². The molecule has 0 spiro atoms. The van der Waals surface area contributed by atoms with Crippen molar-refractivity contribution >= 4 is 56.5 Å². The molecule has 4 rings (SSSR count). The number of carbonyl (C=O) groups excluding carboxylic acids is 2. The van der Waals surface area contributed by atoms with Crippen molar-refractivity contribution in [3.05, 3.63) is 75.3 Å². The Morgan fingerprint density at radius 3 is 2.30 bits per heavy atom. The van der Waals surface area contributed by atoms with E-state index in [4.69, 9.17) is 25.8 Å². The number of anilines is 1. The van der Waals surface area contributed by atoms with E-state index in [0.29, 0.717) is 12.0 Å². The summed E-state index contributed by atoms with van der Waals surface area (Å²) in [6.45, 7) is 9.47. The van der Waals surface area contributed by atoms with Crippen LogP contribution in [-0.4, -0.2) is 60.9 Å². The molecular formula is C31H33ClF3N3O7S2. The van der Waals surface area contributed by atoms with Crippen molar-refractivity contribution in [2.24, 2.45) is 0 Å². The standard InChI is InChI=1S/C31H33ClF3N3O7S2/c1-30(2,3)44-28(39)37-11-7-8-19(18-9-10-21(33)22(34)12-18)24(37)15-43-25-14-23(35)26(13-20(25)32)47(41,42)38(27-16-46-17-36-27)29(40)45-31(4,5)6/h8-10,12-14,16-17,24H,7,11,15H2,1-6H3. The monoisotopic (exact) mass is 715 g/mol. The van der Waals surface area contributed by atoms with Crippen molar-refractivity contribution in [2.45, 2.75) is 70.1 Å². The molecule has 0 bridgehead atoms. The van der Waals surface area contributed by atoms with Crippen LogP contribution in [0.4, 0.5) is 28.6 Å². The van der Waals surface area contributed by atoms with Crippen LogP contribution in [0.5, 0.6) is 5.75 Å². The van der Waals surface area contributed by atoms with Gasteiger partial charge < -0.3 is 14.2 Å². The van der Waals surface area contributed by atoms with Gasteiger partial charge in [0.05, 0.1) is 16.6 Å². The fourth-order valence-corrected chi connectivity index (χ4v) is 6.75. The van der Waals surface area contributed by atoms with Crippen LogP contribution in [-0.2, 0) is 19.5 Å². The molecule has 10 nitrogen and oxygen atoms in total. The normalized spacial score (nSPS) is 15.6. The van der Waals surface area contributed by atoms with Crippen molar-refractivity contribution in [1.29, 1.82) is 0 Å². The Hall–Kier alpha value is -3.82. The van der Waals surface area contributed by atoms with Gasteiger partial charge in [0.15, 0.2) is 17.5 Å². The number of benzene rings is 2. The number of sulfonamides is 1. The highest BCUT2D eigenvalue weighted by Crippen LogP contribution is 2.36. The Balaban J connectivity index is 1.68. The predicted octanol–water partition coefficient (Wildman–Crippen LogP) is 7.82. The van der Waals surface area contributed by atoms with E-state index in [0.717, 1.165) is 35.6 Å². The third-order valence-corrected chi connectivity index (χ3v) is 8.99. The van der Waals surface area contributed by atoms with Crippen LogP contribution in [0.15, 0.2) is 52.2 Å². The van der Waals surface area contributed by atoms with Gasteiger partial charge in [-0.1, -0.05) is 23.7 Å². The second-order valence-corrected chi connectivity index (χ2v) is 15.3. The molecule has 0 saturated carbocycles. The first-order chi connectivity index (χ1) is 21.8. The zero-order valence-corrected chi connectivity index (χ0v) is 28.7. The van der Waals surface area contributed by atoms with E-state index in [1.165, 1.54) is 42.6 Å². The average molecular weight is 716 g/mol. The molecule has 47 heavy (non-hydrogen) atoms. The minimum absolute atomic E-state index is 0.187. The molecule has 2 aromatic carbocycles. The van der Waals surface area contributed by atoms with Crippen LogP contribution in [0.1, 0.15) is 53.5 Å². The Morgan fingerprint density at radius 2 is 1.70 bits per heavy atom. The first-order valence-electron chi connectivity index (χ1n) is 14.2. The molecule has 0 aliphatic carbocycles. The Labute approximate surface area is 279 Å². The number of hydrogen-bond donors (Lipinski definition) is 0. The lowest BCUT2D eigenvalue weighted by Gasteiger charge is -2.37. The minimum atomic E-state index is -4.95. The predicted molar refractivity (Wildman–Crippen MR) is 171 cm³/mol. The fraction of sp³-hybridized carbons (Fsp3) is 0.387. The molecule has 0 radical (unpaired) electrons. The molecule has 254 valence electrons. The van der Waals surface area contributed by atoms with Gasteiger partial charge in [0.1, 0.15) is 34.3 Å². The highest BCUT2D eigenvalue weighted by Gasteiger charge is 2.39. The highest BCUT2D eigenvalue weighted by atomic mass is 35.5. The van der Waals surface area contributed by atoms with E-state index in [-0.39, 0.29) is 39.6 Å². The quantitative estimate of drug-likeness (QED) is 0.243. The lowest BCUT2D eigenvalue weighted by Crippen LogP contribution is -2.48. The summed E-state index contributed by atoms with van der Waals surface area (Å²) in [4.78, 5) is 30.5. The number of halogens is 4. The fourth-order valence-electron chi connectivity index (χ4n) is 4.53. The van der Waals surface area contributed by atoms with Gasteiger partial charge in [0.2, 0.25) is 0 Å². The van der Waals surface area contributed by atoms with E-state index < -0.39 is 61.8 Å². The second kappa shape index (κ2) is 13.7. The maximum atomic E-state index is 15.6. The lowest BCUT2D eigenvalue weighted by atomic mass is 9.93. The van der Waals surface area contributed by atoms with Gasteiger partial charge in [-0.25, -0.2) is 36.2 Å². The maximum absolute atomic E-state index is 15.6. The number of rotatable bonds is 7. The molecule has 3 aromatic rings. The topological polar surface area (TPSA) is 115 Å². The molecule has 1 atom stereocenters. The van der Waals surface area contributed by atoms with Crippen LogP contribution < -0.4 is 9.04 Å². The summed E-state index contributed by atoms with van der Waals surface area (Å²) in [6, 6.07) is 3.86. The van der Waals surface area contributed by atoms with Gasteiger partial charge in [-0.2, -0.15) is 0 Å². The molecule has 1 aromatic heterocycles. The molecule has 16 heteroatoms. The smallest absolute Gasteiger partial charge is 0.430 e. The van der Waals surface area contributed by atoms with E-state index in [1.54, 1.807) is 26.8 Å². The molecule has 2 amide bonds. The number of hydrogen-bond acceptors (Lipinski definition) is 9. The largest absolute Gasteiger partial charge is 0.489 e. The Kier molecular flexibility index (Phi) is 10.5. The van der Waals surface area contributed by atoms with Crippen molar-refractivity contribution < 1.29 is 45.4 Å². The van der Waals surface area contributed by atoms with E-state index in [2.05, 4.69) is 4.98 Å². The average Bonchev–Trinajstić information content (AvgIpc) is 3.46. The Bertz CT molecular complexity index is 1790. The summed E-state index contributed by atoms with van der Waals surface area (Å²) in [5.41, 5.74) is 0.0262. The first-order valence-corrected chi connectivity index (χ1v) is 17.0. The summed E-state index contributed by atoms with van der Waals surface area (Å²) < 4.78 is 87.8. The van der Waals surface area contributed by atoms with Crippen molar-refractivity contribution in [3.8, 4) is 5.75 Å². The summed E-state index contributed by atoms with van der Waals surface area (Å²) in [7, 11) is -4.95. The summed E-state index contributed by atoms with van der Waals surface area (Å²) >= 11 is 7.41. The van der Waals surface area contributed by atoms with Gasteiger partial charge in [-0.3, -0.25) is 4.90 Å². The number of aromatic nitrogens is 1. The zero-order valence-electron chi connectivity index (χ0n) is 26.3. The van der Waals surface area contributed by atoms with E-state index in [9.17, 15) is 26.8 Å². The lowest BCUT2D eigenvalue weighted by molar-refractivity contribution is 0.0162. The van der Waals surface area contributed by atoms with Gasteiger partial charge in [0.25, 0.3) is 10.0 Å². The molecule has 1 aliphatic rings. The summed E-state index contributed by atoms with van der Waals surface area (Å²) in [6.07, 6.45) is 0.0834. The van der Waals surface area contributed by atoms with Gasteiger partial charge in [-0.15, -0.1) is 15.6 Å². The second-order valence-electron chi connectivity index (χ2n) is 12.4. The van der Waals surface area contributed by atoms with Crippen LogP contribution in [0.25, 0.3) is 5.57 Å². The molecule has 2 heterocycles. The van der Waals surface area contributed by atoms with Crippen LogP contribution >= 0.6 is 22.9 Å². The van der Waals surface area contributed by atoms with E-state index >= 15 is 4.39 Å². The third-order valence-electron chi connectivity index (χ3n) is 6.44. The number of carbonyl (C=O) groups is 2. The highest BCUT2D eigenvalue weighted by molar-refractivity contribution is 7.93. The van der Waals surface area contributed by atoms with Crippen molar-refractivity contribution in [3.63, 3.8) is 0 Å². The zero-order chi connectivity index (χ0) is 34.9. The maximum Gasteiger partial charge on any atom is 0.430 e. The van der Waals surface area contributed by atoms with Gasteiger partial charge in [0, 0.05) is 18.0 Å². The third kappa shape index (κ3) is 8.56. The van der Waals surface area contributed by atoms with Crippen molar-refractivity contribution in [2.75, 3.05) is 17.5 Å². The van der Waals surface area contributed by atoms with E-state index in [1.807, 2.05) is 0 Å². The Morgan fingerprint density at radius 1 is 1.02 bits per heavy atom. The van der Waals surface area contributed by atoms with Crippen LogP contribution in [0.2, 0.25) is 5.02 Å². The number of amides is 2. The number of nitrogens with zero attached hydrogens (tertiary/aromatic N) is 3. The molecule has 1 aliphatic heterocycles. The minimum Gasteiger partial charge on any atom is -0.489 e. The molecular weight excluding hydrogens is 683 g/mol. The number of thiazole rings is 1. The number of ether oxygens (including phenoxy) is 3. The van der Waals surface area contributed by atoms with Crippen LogP contribution in [0, 0.1) is 17.5 Å². The molecule has 0 N–H and O–H groups in total. The molecule has 1 unspecified atom stereocenters. The molecule has 0 fully saturated rings. The summed E-state index contributed by atoms with van der Waals surface area (Å²) in [5.74, 6) is -4.06. The van der Waals surface area contributed by atoms with Crippen molar-refractivity contribution in [1.82, 2.24) is 9.88 Å². The first kappa shape index (κ1) is 36.0.